The standard InChI is InChI=1S/C21H29N3OS/c1-15(21-22-18-9-5-6-10-19(18)26-21)23(2)20(25)14-24-12-11-16-7-3-4-8-17(16)13-24/h5-6,9-10,15-17H,3-4,7-8,11-14H2,1-2H3/p+1/t15-,16+,17-/m1/s1. The van der Waals surface area contributed by atoms with Gasteiger partial charge in [0.1, 0.15) is 5.01 Å². The molecule has 2 aromatic rings. The first kappa shape index (κ1) is 17.9. The van der Waals surface area contributed by atoms with E-state index in [0.29, 0.717) is 6.54 Å². The number of piperidine rings is 1. The number of likely N-dealkylation sites (tertiary alicyclic amines) is 1. The number of likely N-dealkylation sites (N-methyl/N-ethyl adjacent to an activating group) is 1. The van der Waals surface area contributed by atoms with Crippen molar-refractivity contribution in [1.29, 1.82) is 0 Å². The van der Waals surface area contributed by atoms with E-state index >= 15 is 0 Å². The minimum Gasteiger partial charge on any atom is -0.332 e. The maximum Gasteiger partial charge on any atom is 0.278 e. The van der Waals surface area contributed by atoms with Gasteiger partial charge in [0.05, 0.1) is 29.3 Å². The Bertz CT molecular complexity index is 740. The first-order valence-corrected chi connectivity index (χ1v) is 10.9. The van der Waals surface area contributed by atoms with Crippen LogP contribution in [0.2, 0.25) is 0 Å². The molecule has 1 aromatic carbocycles. The van der Waals surface area contributed by atoms with Gasteiger partial charge in [0, 0.05) is 13.0 Å². The van der Waals surface area contributed by atoms with Crippen LogP contribution >= 0.6 is 11.3 Å². The van der Waals surface area contributed by atoms with Crippen LogP contribution in [0.25, 0.3) is 10.2 Å². The summed E-state index contributed by atoms with van der Waals surface area (Å²) in [6.45, 7) is 5.09. The highest BCUT2D eigenvalue weighted by Crippen LogP contribution is 2.32. The monoisotopic (exact) mass is 372 g/mol. The zero-order valence-corrected chi connectivity index (χ0v) is 16.7. The Kier molecular flexibility index (Phi) is 5.28. The van der Waals surface area contributed by atoms with Crippen molar-refractivity contribution in [1.82, 2.24) is 9.88 Å². The Morgan fingerprint density at radius 2 is 2.04 bits per heavy atom. The highest BCUT2D eigenvalue weighted by atomic mass is 32.1. The molecule has 1 aliphatic carbocycles. The molecule has 1 N–H and O–H groups in total. The quantitative estimate of drug-likeness (QED) is 0.896. The van der Waals surface area contributed by atoms with E-state index in [1.165, 1.54) is 48.2 Å². The van der Waals surface area contributed by atoms with Crippen molar-refractivity contribution < 1.29 is 9.69 Å². The number of amides is 1. The van der Waals surface area contributed by atoms with Gasteiger partial charge in [-0.05, 0) is 44.2 Å². The first-order chi connectivity index (χ1) is 12.6. The zero-order chi connectivity index (χ0) is 18.1. The number of nitrogens with one attached hydrogen (secondary N) is 1. The minimum absolute atomic E-state index is 0.0338. The summed E-state index contributed by atoms with van der Waals surface area (Å²) in [5, 5.41) is 1.03. The maximum absolute atomic E-state index is 12.9. The number of rotatable bonds is 4. The average molecular weight is 373 g/mol. The van der Waals surface area contributed by atoms with Crippen molar-refractivity contribution >= 4 is 27.5 Å². The number of benzene rings is 1. The van der Waals surface area contributed by atoms with Gasteiger partial charge in [-0.25, -0.2) is 4.98 Å². The van der Waals surface area contributed by atoms with Crippen LogP contribution in [-0.4, -0.2) is 42.5 Å². The third kappa shape index (κ3) is 3.65. The number of carbonyl (C=O) groups is 1. The fourth-order valence-electron chi connectivity index (χ4n) is 4.75. The number of hydrogen-bond donors (Lipinski definition) is 1. The van der Waals surface area contributed by atoms with Crippen molar-refractivity contribution in [2.45, 2.75) is 45.1 Å². The molecule has 4 nitrogen and oxygen atoms in total. The van der Waals surface area contributed by atoms with Gasteiger partial charge in [-0.3, -0.25) is 4.79 Å². The number of carbonyl (C=O) groups excluding carboxylic acids is 1. The van der Waals surface area contributed by atoms with Crippen LogP contribution in [0, 0.1) is 11.8 Å². The van der Waals surface area contributed by atoms with Gasteiger partial charge < -0.3 is 9.80 Å². The molecular weight excluding hydrogens is 342 g/mol. The van der Waals surface area contributed by atoms with Crippen molar-refractivity contribution in [3.63, 3.8) is 0 Å². The molecule has 4 rings (SSSR count). The molecule has 5 heteroatoms. The number of quaternary nitrogens is 1. The Balaban J connectivity index is 1.37. The van der Waals surface area contributed by atoms with E-state index in [-0.39, 0.29) is 11.9 Å². The number of hydrogen-bond acceptors (Lipinski definition) is 3. The van der Waals surface area contributed by atoms with Gasteiger partial charge in [-0.15, -0.1) is 11.3 Å². The second-order valence-corrected chi connectivity index (χ2v) is 9.24. The summed E-state index contributed by atoms with van der Waals surface area (Å²) in [5.41, 5.74) is 1.03. The van der Waals surface area contributed by atoms with Crippen molar-refractivity contribution in [3.8, 4) is 0 Å². The number of para-hydroxylation sites is 1. The van der Waals surface area contributed by atoms with Gasteiger partial charge in [0.25, 0.3) is 5.91 Å². The van der Waals surface area contributed by atoms with Gasteiger partial charge in [0.15, 0.2) is 6.54 Å². The summed E-state index contributed by atoms with van der Waals surface area (Å²) >= 11 is 1.70. The number of aromatic nitrogens is 1. The summed E-state index contributed by atoms with van der Waals surface area (Å²) < 4.78 is 1.19. The normalized spacial score (nSPS) is 27.1. The Morgan fingerprint density at radius 3 is 2.85 bits per heavy atom. The lowest BCUT2D eigenvalue weighted by Gasteiger charge is -2.39. The molecule has 1 unspecified atom stereocenters. The van der Waals surface area contributed by atoms with Crippen molar-refractivity contribution in [3.05, 3.63) is 29.3 Å². The second kappa shape index (κ2) is 7.65. The lowest BCUT2D eigenvalue weighted by Crippen LogP contribution is -3.15. The van der Waals surface area contributed by atoms with Gasteiger partial charge in [-0.1, -0.05) is 25.0 Å². The molecule has 26 heavy (non-hydrogen) atoms. The van der Waals surface area contributed by atoms with Crippen LogP contribution in [0.4, 0.5) is 0 Å². The minimum atomic E-state index is 0.0338. The molecule has 0 radical (unpaired) electrons. The lowest BCUT2D eigenvalue weighted by atomic mass is 9.75. The molecule has 140 valence electrons. The zero-order valence-electron chi connectivity index (χ0n) is 15.9. The molecule has 1 aliphatic heterocycles. The van der Waals surface area contributed by atoms with E-state index in [1.54, 1.807) is 11.3 Å². The SMILES string of the molecule is C[C@H](c1nc2ccccc2s1)N(C)C(=O)C[NH+]1CC[C@@H]2CCCC[C@@H]2C1. The van der Waals surface area contributed by atoms with E-state index in [2.05, 4.69) is 13.0 Å². The molecule has 2 aliphatic rings. The van der Waals surface area contributed by atoms with Crippen LogP contribution in [0.15, 0.2) is 24.3 Å². The smallest absolute Gasteiger partial charge is 0.278 e. The number of nitrogens with zero attached hydrogens (tertiary/aromatic N) is 2. The Hall–Kier alpha value is -1.46. The Labute approximate surface area is 160 Å². The predicted molar refractivity (Wildman–Crippen MR) is 106 cm³/mol. The molecule has 1 saturated heterocycles. The molecule has 1 amide bonds. The fraction of sp³-hybridized carbons (Fsp3) is 0.619. The maximum atomic E-state index is 12.9. The fourth-order valence-corrected chi connectivity index (χ4v) is 5.81. The summed E-state index contributed by atoms with van der Waals surface area (Å²) in [6.07, 6.45) is 6.90. The molecule has 4 atom stereocenters. The van der Waals surface area contributed by atoms with E-state index < -0.39 is 0 Å². The van der Waals surface area contributed by atoms with E-state index in [0.717, 1.165) is 28.9 Å². The third-order valence-electron chi connectivity index (χ3n) is 6.53. The topological polar surface area (TPSA) is 37.6 Å². The molecular formula is C21H30N3OS+. The van der Waals surface area contributed by atoms with Gasteiger partial charge in [-0.2, -0.15) is 0 Å². The van der Waals surface area contributed by atoms with Gasteiger partial charge in [0.2, 0.25) is 0 Å². The third-order valence-corrected chi connectivity index (χ3v) is 7.74. The molecule has 0 bridgehead atoms. The summed E-state index contributed by atoms with van der Waals surface area (Å²) in [4.78, 5) is 21.0. The summed E-state index contributed by atoms with van der Waals surface area (Å²) in [5.74, 6) is 2.04. The Morgan fingerprint density at radius 1 is 1.27 bits per heavy atom. The predicted octanol–water partition coefficient (Wildman–Crippen LogP) is 2.91. The van der Waals surface area contributed by atoms with Crippen molar-refractivity contribution in [2.24, 2.45) is 11.8 Å². The molecule has 2 heterocycles. The largest absolute Gasteiger partial charge is 0.332 e. The average Bonchev–Trinajstić information content (AvgIpc) is 3.11. The molecule has 1 saturated carbocycles. The van der Waals surface area contributed by atoms with Crippen molar-refractivity contribution in [2.75, 3.05) is 26.7 Å². The van der Waals surface area contributed by atoms with Crippen LogP contribution in [-0.2, 0) is 4.79 Å². The highest BCUT2D eigenvalue weighted by molar-refractivity contribution is 7.18. The van der Waals surface area contributed by atoms with Crippen LogP contribution < -0.4 is 4.90 Å². The van der Waals surface area contributed by atoms with Crippen LogP contribution in [0.5, 0.6) is 0 Å². The lowest BCUT2D eigenvalue weighted by molar-refractivity contribution is -0.903. The molecule has 1 aromatic heterocycles. The van der Waals surface area contributed by atoms with Crippen LogP contribution in [0.3, 0.4) is 0 Å². The molecule has 0 spiro atoms. The van der Waals surface area contributed by atoms with Gasteiger partial charge >= 0.3 is 0 Å². The van der Waals surface area contributed by atoms with Crippen LogP contribution in [0.1, 0.15) is 50.1 Å². The second-order valence-electron chi connectivity index (χ2n) is 8.17. The summed E-state index contributed by atoms with van der Waals surface area (Å²) in [7, 11) is 1.94. The van der Waals surface area contributed by atoms with E-state index in [4.69, 9.17) is 4.98 Å². The first-order valence-electron chi connectivity index (χ1n) is 10.1. The number of thiazole rings is 1. The number of fused-ring (bicyclic) bond motifs is 2. The van der Waals surface area contributed by atoms with E-state index in [9.17, 15) is 4.79 Å². The summed E-state index contributed by atoms with van der Waals surface area (Å²) in [6, 6.07) is 8.24. The molecule has 2 fully saturated rings. The van der Waals surface area contributed by atoms with E-state index in [1.807, 2.05) is 30.1 Å². The highest BCUT2D eigenvalue weighted by Gasteiger charge is 2.35.